The predicted octanol–water partition coefficient (Wildman–Crippen LogP) is 4.25. The number of piperidine rings is 2. The third kappa shape index (κ3) is 4.76. The maximum atomic E-state index is 14.6. The molecule has 2 aromatic rings. The van der Waals surface area contributed by atoms with Crippen molar-refractivity contribution in [2.45, 2.75) is 69.5 Å². The molecule has 0 spiro atoms. The van der Waals surface area contributed by atoms with Gasteiger partial charge in [0, 0.05) is 41.4 Å². The Labute approximate surface area is 205 Å². The number of phenols is 1. The second-order valence-corrected chi connectivity index (χ2v) is 10.9. The summed E-state index contributed by atoms with van der Waals surface area (Å²) in [6, 6.07) is 6.42. The van der Waals surface area contributed by atoms with Gasteiger partial charge in [-0.15, -0.1) is 10.2 Å². The van der Waals surface area contributed by atoms with Gasteiger partial charge in [-0.25, -0.2) is 4.39 Å². The summed E-state index contributed by atoms with van der Waals surface area (Å²) >= 11 is 0. The predicted molar refractivity (Wildman–Crippen MR) is 134 cm³/mol. The highest BCUT2D eigenvalue weighted by molar-refractivity contribution is 5.91. The van der Waals surface area contributed by atoms with Crippen LogP contribution >= 0.6 is 0 Å². The molecule has 4 unspecified atom stereocenters. The summed E-state index contributed by atoms with van der Waals surface area (Å²) in [6.07, 6.45) is 9.81. The van der Waals surface area contributed by atoms with E-state index in [1.165, 1.54) is 63.4 Å². The molecule has 2 bridgehead atoms. The molecule has 3 aliphatic rings. The van der Waals surface area contributed by atoms with Crippen molar-refractivity contribution < 1.29 is 14.3 Å². The number of benzene rings is 1. The van der Waals surface area contributed by atoms with Crippen LogP contribution in [0, 0.1) is 17.7 Å². The molecule has 5 rings (SSSR count). The Balaban J connectivity index is 1.35. The van der Waals surface area contributed by atoms with Gasteiger partial charge in [0.05, 0.1) is 5.69 Å². The number of likely N-dealkylation sites (N-methyl/N-ethyl adjacent to an activating group) is 1. The van der Waals surface area contributed by atoms with E-state index >= 15 is 0 Å². The Bertz CT molecular complexity index is 1150. The zero-order valence-corrected chi connectivity index (χ0v) is 20.6. The molecule has 4 atom stereocenters. The van der Waals surface area contributed by atoms with E-state index in [4.69, 9.17) is 0 Å². The number of aromatic nitrogens is 2. The summed E-state index contributed by atoms with van der Waals surface area (Å²) in [5.41, 5.74) is 1.01. The second-order valence-electron chi connectivity index (χ2n) is 10.9. The number of rotatable bonds is 6. The highest BCUT2D eigenvalue weighted by Gasteiger charge is 2.56. The van der Waals surface area contributed by atoms with Crippen LogP contribution in [-0.4, -0.2) is 45.4 Å². The van der Waals surface area contributed by atoms with Crippen LogP contribution in [0.5, 0.6) is 5.75 Å². The van der Waals surface area contributed by atoms with Crippen LogP contribution in [0.25, 0.3) is 17.3 Å². The normalized spacial score (nSPS) is 30.3. The van der Waals surface area contributed by atoms with Crippen LogP contribution in [0.2, 0.25) is 0 Å². The fraction of sp³-hybridized carbons (Fsp3) is 0.519. The molecule has 8 heteroatoms. The fourth-order valence-electron chi connectivity index (χ4n) is 6.47. The number of hydrogen-bond acceptors (Lipinski definition) is 6. The van der Waals surface area contributed by atoms with Crippen LogP contribution in [-0.2, 0) is 4.79 Å². The number of hydrogen-bond donors (Lipinski definition) is 4. The van der Waals surface area contributed by atoms with Crippen molar-refractivity contribution in [2.24, 2.45) is 11.8 Å². The van der Waals surface area contributed by atoms with E-state index in [0.29, 0.717) is 23.5 Å². The van der Waals surface area contributed by atoms with E-state index in [1.54, 1.807) is 6.07 Å². The first-order valence-corrected chi connectivity index (χ1v) is 12.5. The van der Waals surface area contributed by atoms with Gasteiger partial charge in [-0.2, -0.15) is 0 Å². The van der Waals surface area contributed by atoms with Gasteiger partial charge >= 0.3 is 0 Å². The topological polar surface area (TPSA) is 99.2 Å². The van der Waals surface area contributed by atoms with Gasteiger partial charge < -0.3 is 21.1 Å². The van der Waals surface area contributed by atoms with Gasteiger partial charge in [-0.1, -0.05) is 0 Å². The Kier molecular flexibility index (Phi) is 6.03. The molecule has 1 amide bonds. The number of aromatic hydroxyl groups is 1. The first-order chi connectivity index (χ1) is 16.7. The zero-order valence-electron chi connectivity index (χ0n) is 20.6. The first kappa shape index (κ1) is 23.7. The number of carbonyl (C=O) groups is 1. The lowest BCUT2D eigenvalue weighted by molar-refractivity contribution is -0.115. The van der Waals surface area contributed by atoms with Crippen molar-refractivity contribution in [1.29, 1.82) is 0 Å². The third-order valence-electron chi connectivity index (χ3n) is 8.03. The van der Waals surface area contributed by atoms with Gasteiger partial charge in [0.25, 0.3) is 0 Å². The number of nitrogens with one attached hydrogen (secondary N) is 3. The summed E-state index contributed by atoms with van der Waals surface area (Å²) in [5.74, 6) is 0.949. The van der Waals surface area contributed by atoms with Crippen molar-refractivity contribution in [2.75, 3.05) is 12.4 Å². The van der Waals surface area contributed by atoms with E-state index in [0.717, 1.165) is 12.3 Å². The zero-order chi connectivity index (χ0) is 24.8. The molecular weight excluding hydrogens is 445 g/mol. The molecular formula is C27H34FN5O2. The van der Waals surface area contributed by atoms with Crippen molar-refractivity contribution >= 4 is 17.8 Å². The molecule has 0 radical (unpaired) electrons. The minimum Gasteiger partial charge on any atom is -0.507 e. The summed E-state index contributed by atoms with van der Waals surface area (Å²) < 4.78 is 14.6. The van der Waals surface area contributed by atoms with Crippen molar-refractivity contribution in [3.8, 4) is 17.0 Å². The van der Waals surface area contributed by atoms with Crippen molar-refractivity contribution in [3.05, 3.63) is 41.7 Å². The van der Waals surface area contributed by atoms with Gasteiger partial charge in [0.1, 0.15) is 17.4 Å². The minimum absolute atomic E-state index is 0.116. The highest BCUT2D eigenvalue weighted by atomic mass is 19.1. The fourth-order valence-corrected chi connectivity index (χ4v) is 6.47. The smallest absolute Gasteiger partial charge is 0.243 e. The van der Waals surface area contributed by atoms with Crippen LogP contribution in [0.4, 0.5) is 10.2 Å². The molecule has 7 nitrogen and oxygen atoms in total. The number of amides is 1. The largest absolute Gasteiger partial charge is 0.507 e. The lowest BCUT2D eigenvalue weighted by atomic mass is 9.62. The quantitative estimate of drug-likeness (QED) is 0.463. The summed E-state index contributed by atoms with van der Waals surface area (Å²) in [7, 11) is 1.49. The molecule has 1 saturated carbocycles. The van der Waals surface area contributed by atoms with Crippen molar-refractivity contribution in [1.82, 2.24) is 20.8 Å². The molecule has 35 heavy (non-hydrogen) atoms. The lowest BCUT2D eigenvalue weighted by Gasteiger charge is -2.58. The summed E-state index contributed by atoms with van der Waals surface area (Å²) in [4.78, 5) is 11.4. The number of phenolic OH excluding ortho intramolecular Hbond substituents is 1. The van der Waals surface area contributed by atoms with Crippen LogP contribution < -0.4 is 16.0 Å². The number of fused-ring (bicyclic) bond motifs is 2. The van der Waals surface area contributed by atoms with E-state index in [9.17, 15) is 14.3 Å². The standard InChI is InChI=1S/C27H34FN5O2/c1-26-11-4-12-27(2,33-26)25(16-5-6-16)21(15-26)30-23-9-8-20(31-32-23)18-14-19(28)17(13-22(18)34)7-10-24(35)29-3/h7-10,13-14,16,21,25,33-34H,4-6,11-12,15H2,1-3H3,(H,29,35)(H,30,32)/b10-7+. The molecule has 3 fully saturated rings. The van der Waals surface area contributed by atoms with E-state index in [-0.39, 0.29) is 33.9 Å². The number of anilines is 1. The second kappa shape index (κ2) is 8.90. The van der Waals surface area contributed by atoms with Gasteiger partial charge in [-0.05, 0) is 94.5 Å². The summed E-state index contributed by atoms with van der Waals surface area (Å²) in [5, 5.41) is 29.3. The number of nitrogens with zero attached hydrogens (tertiary/aromatic N) is 2. The molecule has 1 aliphatic carbocycles. The third-order valence-corrected chi connectivity index (χ3v) is 8.03. The summed E-state index contributed by atoms with van der Waals surface area (Å²) in [6.45, 7) is 4.72. The Morgan fingerprint density at radius 2 is 2.03 bits per heavy atom. The van der Waals surface area contributed by atoms with E-state index in [1.807, 2.05) is 6.07 Å². The Morgan fingerprint density at radius 3 is 2.71 bits per heavy atom. The molecule has 1 aromatic heterocycles. The van der Waals surface area contributed by atoms with E-state index in [2.05, 4.69) is 40.0 Å². The lowest BCUT2D eigenvalue weighted by Crippen LogP contribution is -2.70. The van der Waals surface area contributed by atoms with Gasteiger partial charge in [0.15, 0.2) is 0 Å². The number of carbonyl (C=O) groups excluding carboxylic acids is 1. The SMILES string of the molecule is CNC(=O)/C=C/c1cc(O)c(-c2ccc(NC3CC4(C)CCCC(C)(N4)C3C3CC3)nn2)cc1F. The molecule has 186 valence electrons. The Morgan fingerprint density at radius 1 is 1.23 bits per heavy atom. The monoisotopic (exact) mass is 479 g/mol. The molecule has 2 saturated heterocycles. The molecule has 3 heterocycles. The van der Waals surface area contributed by atoms with Gasteiger partial charge in [-0.3, -0.25) is 4.79 Å². The minimum atomic E-state index is -0.558. The van der Waals surface area contributed by atoms with Crippen LogP contribution in [0.3, 0.4) is 0 Å². The first-order valence-electron chi connectivity index (χ1n) is 12.5. The average molecular weight is 480 g/mol. The average Bonchev–Trinajstić information content (AvgIpc) is 3.63. The maximum absolute atomic E-state index is 14.6. The highest BCUT2D eigenvalue weighted by Crippen LogP contribution is 2.53. The van der Waals surface area contributed by atoms with Crippen LogP contribution in [0.1, 0.15) is 57.9 Å². The molecule has 2 aliphatic heterocycles. The van der Waals surface area contributed by atoms with Crippen LogP contribution in [0.15, 0.2) is 30.3 Å². The maximum Gasteiger partial charge on any atom is 0.243 e. The van der Waals surface area contributed by atoms with Crippen molar-refractivity contribution in [3.63, 3.8) is 0 Å². The van der Waals surface area contributed by atoms with E-state index < -0.39 is 5.82 Å². The van der Waals surface area contributed by atoms with Gasteiger partial charge in [0.2, 0.25) is 5.91 Å². The molecule has 4 N–H and O–H groups in total. The molecule has 1 aromatic carbocycles. The Hall–Kier alpha value is -3.00. The number of halogens is 1.